The lowest BCUT2D eigenvalue weighted by Crippen LogP contribution is -2.41. The summed E-state index contributed by atoms with van der Waals surface area (Å²) in [5.41, 5.74) is 0. The van der Waals surface area contributed by atoms with E-state index in [4.69, 9.17) is 0 Å². The van der Waals surface area contributed by atoms with Crippen LogP contribution in [0.1, 0.15) is 65.2 Å². The quantitative estimate of drug-likeness (QED) is 0.448. The molecular weight excluding hydrogens is 204 g/mol. The van der Waals surface area contributed by atoms with E-state index in [-0.39, 0.29) is 6.42 Å². The average molecular weight is 230 g/mol. The van der Waals surface area contributed by atoms with Gasteiger partial charge in [-0.15, -0.1) is 0 Å². The van der Waals surface area contributed by atoms with Crippen LogP contribution in [-0.2, 0) is 5.11 Å². The van der Waals surface area contributed by atoms with Crippen LogP contribution < -0.4 is 0 Å². The van der Waals surface area contributed by atoms with Gasteiger partial charge in [-0.2, -0.15) is 0 Å². The Bertz CT molecular complexity index is 157. The Labute approximate surface area is 99.5 Å². The van der Waals surface area contributed by atoms with Crippen LogP contribution in [0.2, 0.25) is 0 Å². The van der Waals surface area contributed by atoms with Gasteiger partial charge in [0.05, 0.1) is 0 Å². The van der Waals surface area contributed by atoms with Crippen molar-refractivity contribution in [1.82, 2.24) is 0 Å². The minimum Gasteiger partial charge on any atom is -0.363 e. The predicted octanol–water partition coefficient (Wildman–Crippen LogP) is 2.83. The van der Waals surface area contributed by atoms with E-state index < -0.39 is 11.9 Å². The zero-order valence-corrected chi connectivity index (χ0v) is 10.6. The lowest BCUT2D eigenvalue weighted by atomic mass is 9.99. The molecular formula is C13H26O3. The maximum absolute atomic E-state index is 11.2. The van der Waals surface area contributed by atoms with Gasteiger partial charge in [-0.05, 0) is 12.8 Å². The van der Waals surface area contributed by atoms with Crippen LogP contribution >= 0.6 is 0 Å². The highest BCUT2D eigenvalue weighted by Crippen LogP contribution is 2.19. The molecule has 0 saturated heterocycles. The fourth-order valence-corrected chi connectivity index (χ4v) is 1.75. The van der Waals surface area contributed by atoms with Gasteiger partial charge in [0.1, 0.15) is 6.10 Å². The van der Waals surface area contributed by atoms with E-state index in [9.17, 15) is 15.3 Å². The zero-order valence-electron chi connectivity index (χ0n) is 10.6. The van der Waals surface area contributed by atoms with Gasteiger partial charge in [0, 0.05) is 6.42 Å². The van der Waals surface area contributed by atoms with Crippen molar-refractivity contribution in [2.24, 2.45) is 0 Å². The second-order valence-electron chi connectivity index (χ2n) is 4.50. The highest BCUT2D eigenvalue weighted by atomic mass is 16.5. The van der Waals surface area contributed by atoms with Crippen LogP contribution in [0.25, 0.3) is 0 Å². The topological polar surface area (TPSA) is 60.4 Å². The van der Waals surface area contributed by atoms with Gasteiger partial charge in [-0.3, -0.25) is 0 Å². The van der Waals surface area contributed by atoms with Gasteiger partial charge >= 0.3 is 0 Å². The average Bonchev–Trinajstić information content (AvgIpc) is 2.26. The van der Waals surface area contributed by atoms with Crippen LogP contribution in [0.4, 0.5) is 0 Å². The maximum atomic E-state index is 11.2. The largest absolute Gasteiger partial charge is 0.363 e. The van der Waals surface area contributed by atoms with Gasteiger partial charge in [-0.25, -0.2) is 5.11 Å². The first-order valence-electron chi connectivity index (χ1n) is 6.44. The summed E-state index contributed by atoms with van der Waals surface area (Å²) < 4.78 is 0. The summed E-state index contributed by atoms with van der Waals surface area (Å²) in [4.78, 5) is 0. The minimum absolute atomic E-state index is 0.180. The molecule has 0 aliphatic heterocycles. The molecule has 2 N–H and O–H groups in total. The minimum atomic E-state index is -2.06. The van der Waals surface area contributed by atoms with Crippen LogP contribution in [0.5, 0.6) is 0 Å². The first-order chi connectivity index (χ1) is 7.54. The lowest BCUT2D eigenvalue weighted by molar-refractivity contribution is -0.233. The molecule has 0 aromatic rings. The molecule has 0 aromatic heterocycles. The van der Waals surface area contributed by atoms with Crippen molar-refractivity contribution in [3.8, 4) is 0 Å². The molecule has 16 heavy (non-hydrogen) atoms. The van der Waals surface area contributed by atoms with E-state index in [2.05, 4.69) is 6.92 Å². The monoisotopic (exact) mass is 230 g/mol. The predicted molar refractivity (Wildman–Crippen MR) is 64.2 cm³/mol. The van der Waals surface area contributed by atoms with E-state index >= 15 is 0 Å². The fourth-order valence-electron chi connectivity index (χ4n) is 1.75. The van der Waals surface area contributed by atoms with Crippen LogP contribution in [0.3, 0.4) is 0 Å². The molecule has 0 bridgehead atoms. The van der Waals surface area contributed by atoms with Crippen LogP contribution in [0.15, 0.2) is 0 Å². The smallest absolute Gasteiger partial charge is 0.193 e. The molecule has 1 unspecified atom stereocenters. The van der Waals surface area contributed by atoms with E-state index in [1.807, 2.05) is 0 Å². The van der Waals surface area contributed by atoms with E-state index in [1.54, 1.807) is 6.92 Å². The SMILES string of the molecule is C[CH]C([O])C(O)(O)CCCCCCCCC. The molecule has 0 amide bonds. The molecule has 0 rings (SSSR count). The molecule has 0 spiro atoms. The van der Waals surface area contributed by atoms with Crippen molar-refractivity contribution in [2.75, 3.05) is 0 Å². The normalized spacial score (nSPS) is 14.1. The van der Waals surface area contributed by atoms with Gasteiger partial charge in [0.2, 0.25) is 0 Å². The van der Waals surface area contributed by atoms with Gasteiger partial charge in [0.15, 0.2) is 5.79 Å². The Morgan fingerprint density at radius 2 is 1.56 bits per heavy atom. The van der Waals surface area contributed by atoms with Crippen LogP contribution in [0, 0.1) is 6.42 Å². The molecule has 3 nitrogen and oxygen atoms in total. The summed E-state index contributed by atoms with van der Waals surface area (Å²) in [7, 11) is 0. The molecule has 96 valence electrons. The summed E-state index contributed by atoms with van der Waals surface area (Å²) in [6.07, 6.45) is 7.86. The lowest BCUT2D eigenvalue weighted by Gasteiger charge is -2.24. The highest BCUT2D eigenvalue weighted by Gasteiger charge is 2.32. The standard InChI is InChI=1S/C13H26O3/c1-3-5-6-7-8-9-10-11-13(15,16)12(14)4-2/h4,12,15-16H,3,5-11H2,1-2H3. The number of rotatable bonds is 10. The molecule has 0 aliphatic rings. The van der Waals surface area contributed by atoms with E-state index in [1.165, 1.54) is 32.1 Å². The van der Waals surface area contributed by atoms with Crippen molar-refractivity contribution in [3.05, 3.63) is 6.42 Å². The molecule has 1 atom stereocenters. The summed E-state index contributed by atoms with van der Waals surface area (Å²) in [6.45, 7) is 3.74. The molecule has 3 heteroatoms. The third kappa shape index (κ3) is 7.20. The Kier molecular flexibility index (Phi) is 8.90. The Morgan fingerprint density at radius 3 is 2.06 bits per heavy atom. The van der Waals surface area contributed by atoms with Gasteiger partial charge in [-0.1, -0.05) is 52.4 Å². The van der Waals surface area contributed by atoms with E-state index in [0.717, 1.165) is 12.8 Å². The number of aliphatic hydroxyl groups is 2. The summed E-state index contributed by atoms with van der Waals surface area (Å²) >= 11 is 0. The van der Waals surface area contributed by atoms with Gasteiger partial charge < -0.3 is 10.2 Å². The number of hydrogen-bond acceptors (Lipinski definition) is 2. The van der Waals surface area contributed by atoms with Crippen molar-refractivity contribution in [3.63, 3.8) is 0 Å². The zero-order chi connectivity index (χ0) is 12.4. The van der Waals surface area contributed by atoms with Crippen molar-refractivity contribution in [2.45, 2.75) is 77.1 Å². The fraction of sp³-hybridized carbons (Fsp3) is 0.923. The number of hydrogen-bond donors (Lipinski definition) is 2. The van der Waals surface area contributed by atoms with Crippen LogP contribution in [-0.4, -0.2) is 22.1 Å². The highest BCUT2D eigenvalue weighted by molar-refractivity contribution is 4.83. The Morgan fingerprint density at radius 1 is 1.06 bits per heavy atom. The second-order valence-corrected chi connectivity index (χ2v) is 4.50. The molecule has 0 fully saturated rings. The molecule has 0 aromatic carbocycles. The first kappa shape index (κ1) is 15.9. The molecule has 0 aliphatic carbocycles. The Balaban J connectivity index is 3.43. The van der Waals surface area contributed by atoms with Crippen molar-refractivity contribution >= 4 is 0 Å². The molecule has 0 heterocycles. The van der Waals surface area contributed by atoms with E-state index in [0.29, 0.717) is 6.42 Å². The first-order valence-corrected chi connectivity index (χ1v) is 6.44. The van der Waals surface area contributed by atoms with Crippen molar-refractivity contribution < 1.29 is 15.3 Å². The van der Waals surface area contributed by atoms with Gasteiger partial charge in [0.25, 0.3) is 0 Å². The molecule has 0 saturated carbocycles. The number of unbranched alkanes of at least 4 members (excludes halogenated alkanes) is 6. The third-order valence-corrected chi connectivity index (χ3v) is 2.91. The Hall–Kier alpha value is -0.120. The summed E-state index contributed by atoms with van der Waals surface area (Å²) in [5.74, 6) is -2.06. The summed E-state index contributed by atoms with van der Waals surface area (Å²) in [6, 6.07) is 0. The molecule has 2 radical (unpaired) electrons. The summed E-state index contributed by atoms with van der Waals surface area (Å²) in [5, 5.41) is 30.0. The second kappa shape index (κ2) is 8.97. The maximum Gasteiger partial charge on any atom is 0.193 e. The third-order valence-electron chi connectivity index (χ3n) is 2.91. The van der Waals surface area contributed by atoms with Crippen molar-refractivity contribution in [1.29, 1.82) is 0 Å².